The second-order valence-electron chi connectivity index (χ2n) is 5.25. The number of ether oxygens (including phenoxy) is 1. The molecular weight excluding hydrogens is 399 g/mol. The molecule has 1 rings (SSSR count). The molecule has 26 heavy (non-hydrogen) atoms. The van der Waals surface area contributed by atoms with Gasteiger partial charge in [0.05, 0.1) is 6.42 Å². The van der Waals surface area contributed by atoms with Gasteiger partial charge >= 0.3 is 18.1 Å². The lowest BCUT2D eigenvalue weighted by Crippen LogP contribution is -2.46. The Morgan fingerprint density at radius 3 is 2.04 bits per heavy atom. The first-order valence-corrected chi connectivity index (χ1v) is 10.1. The highest BCUT2D eigenvalue weighted by molar-refractivity contribution is 8.76. The van der Waals surface area contributed by atoms with E-state index in [9.17, 15) is 22.8 Å². The molecule has 1 aliphatic rings. The Kier molecular flexibility index (Phi) is 11.7. The van der Waals surface area contributed by atoms with E-state index in [1.165, 1.54) is 10.8 Å². The molecule has 0 aromatic rings. The molecule has 7 nitrogen and oxygen atoms in total. The van der Waals surface area contributed by atoms with Crippen LogP contribution in [0.15, 0.2) is 0 Å². The summed E-state index contributed by atoms with van der Waals surface area (Å²) in [4.78, 5) is 31.2. The Balaban J connectivity index is 0.000000758. The van der Waals surface area contributed by atoms with Crippen molar-refractivity contribution >= 4 is 39.4 Å². The van der Waals surface area contributed by atoms with Gasteiger partial charge in [0.1, 0.15) is 5.60 Å². The maximum atomic E-state index is 12.0. The number of methoxy groups -OCH3 is 1. The Labute approximate surface area is 156 Å². The fraction of sp³-hybridized carbons (Fsp3) is 0.786. The van der Waals surface area contributed by atoms with Crippen LogP contribution in [0.25, 0.3) is 0 Å². The van der Waals surface area contributed by atoms with E-state index in [2.05, 4.69) is 5.32 Å². The van der Waals surface area contributed by atoms with E-state index in [1.54, 1.807) is 17.9 Å². The van der Waals surface area contributed by atoms with Crippen molar-refractivity contribution in [1.82, 2.24) is 5.32 Å². The summed E-state index contributed by atoms with van der Waals surface area (Å²) in [6.07, 6.45) is -1.22. The van der Waals surface area contributed by atoms with Crippen LogP contribution in [0.5, 0.6) is 0 Å². The van der Waals surface area contributed by atoms with Gasteiger partial charge in [-0.3, -0.25) is 9.59 Å². The summed E-state index contributed by atoms with van der Waals surface area (Å²) in [5, 5.41) is 18.5. The standard InChI is InChI=1S/C12H21NO4S2.C2HF3O2/c1-17-12(5-2-3-6-12)11(16)13-7-9-19-18-8-4-10(14)15;3-2(4,5)1(6)7/h2-9H2,1H3,(H,13,16)(H,14,15);(H,6,7). The number of hydrogen-bond acceptors (Lipinski definition) is 6. The van der Waals surface area contributed by atoms with Gasteiger partial charge in [-0.2, -0.15) is 13.2 Å². The van der Waals surface area contributed by atoms with Gasteiger partial charge in [-0.15, -0.1) is 0 Å². The summed E-state index contributed by atoms with van der Waals surface area (Å²) in [5.41, 5.74) is -0.610. The largest absolute Gasteiger partial charge is 0.490 e. The van der Waals surface area contributed by atoms with Crippen LogP contribution < -0.4 is 5.32 Å². The summed E-state index contributed by atoms with van der Waals surface area (Å²) >= 11 is 0. The molecule has 0 atom stereocenters. The molecule has 0 unspecified atom stereocenters. The molecule has 0 aromatic heterocycles. The molecule has 3 N–H and O–H groups in total. The minimum Gasteiger partial charge on any atom is -0.481 e. The van der Waals surface area contributed by atoms with Gasteiger partial charge in [-0.25, -0.2) is 4.79 Å². The number of carbonyl (C=O) groups excluding carboxylic acids is 1. The van der Waals surface area contributed by atoms with Crippen LogP contribution in [0.3, 0.4) is 0 Å². The maximum Gasteiger partial charge on any atom is 0.490 e. The number of rotatable bonds is 9. The number of halogens is 3. The predicted octanol–water partition coefficient (Wildman–Crippen LogP) is 2.55. The number of nitrogens with one attached hydrogen (secondary N) is 1. The number of carboxylic acids is 2. The van der Waals surface area contributed by atoms with Crippen LogP contribution in [0.1, 0.15) is 32.1 Å². The van der Waals surface area contributed by atoms with E-state index in [1.807, 2.05) is 0 Å². The van der Waals surface area contributed by atoms with Crippen LogP contribution in [0, 0.1) is 0 Å². The SMILES string of the molecule is COC1(C(=O)NCCSSCCC(=O)O)CCCC1.O=C(O)C(F)(F)F. The lowest BCUT2D eigenvalue weighted by molar-refractivity contribution is -0.192. The van der Waals surface area contributed by atoms with Crippen molar-refractivity contribution in [1.29, 1.82) is 0 Å². The molecule has 0 aliphatic heterocycles. The third-order valence-corrected chi connectivity index (χ3v) is 5.82. The lowest BCUT2D eigenvalue weighted by atomic mass is 10.0. The summed E-state index contributed by atoms with van der Waals surface area (Å²) in [6.45, 7) is 0.592. The zero-order chi connectivity index (χ0) is 20.2. The fourth-order valence-electron chi connectivity index (χ4n) is 2.08. The molecule has 152 valence electrons. The number of carboxylic acid groups (broad SMARTS) is 2. The number of carbonyl (C=O) groups is 3. The van der Waals surface area contributed by atoms with E-state index < -0.39 is 23.7 Å². The maximum absolute atomic E-state index is 12.0. The summed E-state index contributed by atoms with van der Waals surface area (Å²) < 4.78 is 37.1. The van der Waals surface area contributed by atoms with Crippen LogP contribution in [0.2, 0.25) is 0 Å². The van der Waals surface area contributed by atoms with Gasteiger partial charge in [-0.1, -0.05) is 21.6 Å². The van der Waals surface area contributed by atoms with E-state index in [4.69, 9.17) is 19.7 Å². The van der Waals surface area contributed by atoms with Crippen molar-refractivity contribution in [3.63, 3.8) is 0 Å². The third kappa shape index (κ3) is 10.1. The van der Waals surface area contributed by atoms with Gasteiger partial charge in [0.15, 0.2) is 0 Å². The first-order valence-electron chi connectivity index (χ1n) is 7.65. The number of alkyl halides is 3. The quantitative estimate of drug-likeness (QED) is 0.385. The average Bonchev–Trinajstić information content (AvgIpc) is 3.03. The summed E-state index contributed by atoms with van der Waals surface area (Å²) in [5.74, 6) is -2.17. The molecule has 0 saturated heterocycles. The van der Waals surface area contributed by atoms with Crippen molar-refractivity contribution < 1.29 is 42.5 Å². The van der Waals surface area contributed by atoms with Crippen molar-refractivity contribution in [2.75, 3.05) is 25.2 Å². The van der Waals surface area contributed by atoms with Crippen molar-refractivity contribution in [3.8, 4) is 0 Å². The first kappa shape index (κ1) is 24.9. The highest BCUT2D eigenvalue weighted by Crippen LogP contribution is 2.32. The van der Waals surface area contributed by atoms with Gasteiger partial charge in [0.25, 0.3) is 5.91 Å². The molecule has 12 heteroatoms. The highest BCUT2D eigenvalue weighted by Gasteiger charge is 2.41. The lowest BCUT2D eigenvalue weighted by Gasteiger charge is -2.25. The minimum atomic E-state index is -5.08. The van der Waals surface area contributed by atoms with Crippen molar-refractivity contribution in [2.45, 2.75) is 43.9 Å². The monoisotopic (exact) mass is 421 g/mol. The fourth-order valence-corrected chi connectivity index (χ4v) is 3.97. The van der Waals surface area contributed by atoms with Crippen LogP contribution >= 0.6 is 21.6 Å². The molecule has 0 heterocycles. The van der Waals surface area contributed by atoms with Crippen molar-refractivity contribution in [2.24, 2.45) is 0 Å². The summed E-state index contributed by atoms with van der Waals surface area (Å²) in [7, 11) is 4.71. The molecule has 1 aliphatic carbocycles. The number of hydrogen-bond donors (Lipinski definition) is 3. The van der Waals surface area contributed by atoms with Crippen LogP contribution in [-0.4, -0.2) is 65.0 Å². The second-order valence-corrected chi connectivity index (χ2v) is 7.95. The van der Waals surface area contributed by atoms with E-state index in [0.29, 0.717) is 12.3 Å². The predicted molar refractivity (Wildman–Crippen MR) is 92.1 cm³/mol. The zero-order valence-electron chi connectivity index (χ0n) is 14.1. The Morgan fingerprint density at radius 1 is 1.12 bits per heavy atom. The number of aliphatic carboxylic acids is 2. The van der Waals surface area contributed by atoms with Gasteiger partial charge in [-0.05, 0) is 25.7 Å². The van der Waals surface area contributed by atoms with Crippen LogP contribution in [0.4, 0.5) is 13.2 Å². The second kappa shape index (κ2) is 12.3. The number of amides is 1. The minimum absolute atomic E-state index is 0.0105. The zero-order valence-corrected chi connectivity index (χ0v) is 15.8. The topological polar surface area (TPSA) is 113 Å². The molecule has 1 fully saturated rings. The smallest absolute Gasteiger partial charge is 0.481 e. The van der Waals surface area contributed by atoms with E-state index in [0.717, 1.165) is 31.4 Å². The summed E-state index contributed by atoms with van der Waals surface area (Å²) in [6, 6.07) is 0. The molecular formula is C14H22F3NO6S2. The van der Waals surface area contributed by atoms with Gasteiger partial charge < -0.3 is 20.3 Å². The van der Waals surface area contributed by atoms with Gasteiger partial charge in [0, 0.05) is 25.2 Å². The normalized spacial score (nSPS) is 15.7. The molecule has 1 amide bonds. The first-order chi connectivity index (χ1) is 12.0. The Hall–Kier alpha value is -1.14. The molecule has 0 spiro atoms. The Morgan fingerprint density at radius 2 is 1.62 bits per heavy atom. The molecule has 1 saturated carbocycles. The molecule has 0 aromatic carbocycles. The Bertz CT molecular complexity index is 470. The third-order valence-electron chi connectivity index (χ3n) is 3.41. The molecule has 0 bridgehead atoms. The highest BCUT2D eigenvalue weighted by atomic mass is 33.1. The average molecular weight is 421 g/mol. The molecule has 0 radical (unpaired) electrons. The van der Waals surface area contributed by atoms with E-state index in [-0.39, 0.29) is 12.3 Å². The van der Waals surface area contributed by atoms with Crippen molar-refractivity contribution in [3.05, 3.63) is 0 Å². The van der Waals surface area contributed by atoms with Crippen LogP contribution in [-0.2, 0) is 19.1 Å². The van der Waals surface area contributed by atoms with E-state index >= 15 is 0 Å². The van der Waals surface area contributed by atoms with Gasteiger partial charge in [0.2, 0.25) is 0 Å².